The lowest BCUT2D eigenvalue weighted by Gasteiger charge is -2.30. The second-order valence-corrected chi connectivity index (χ2v) is 18.8. The third-order valence-corrected chi connectivity index (χ3v) is 13.0. The van der Waals surface area contributed by atoms with Gasteiger partial charge in [-0.2, -0.15) is 5.10 Å². The molecule has 0 bridgehead atoms. The maximum absolute atomic E-state index is 14.7. The molecule has 3 N–H and O–H groups in total. The first kappa shape index (κ1) is 41.7. The van der Waals surface area contributed by atoms with Crippen LogP contribution in [0.15, 0.2) is 71.7 Å². The van der Waals surface area contributed by atoms with Crippen molar-refractivity contribution in [2.45, 2.75) is 113 Å². The maximum atomic E-state index is 14.7. The summed E-state index contributed by atoms with van der Waals surface area (Å²) < 4.78 is 63.7. The molecule has 17 heteroatoms. The Bertz CT molecular complexity index is 2360. The van der Waals surface area contributed by atoms with Gasteiger partial charge in [0, 0.05) is 24.4 Å². The molecule has 0 spiro atoms. The van der Waals surface area contributed by atoms with Crippen molar-refractivity contribution in [3.05, 3.63) is 88.9 Å². The van der Waals surface area contributed by atoms with E-state index < -0.39 is 91.5 Å². The number of halogens is 2. The summed E-state index contributed by atoms with van der Waals surface area (Å²) in [5, 5.41) is 9.25. The van der Waals surface area contributed by atoms with Gasteiger partial charge in [0.05, 0.1) is 23.1 Å². The van der Waals surface area contributed by atoms with Crippen LogP contribution >= 0.6 is 0 Å². The Kier molecular flexibility index (Phi) is 11.5. The van der Waals surface area contributed by atoms with E-state index in [4.69, 9.17) is 4.74 Å². The van der Waals surface area contributed by atoms with Gasteiger partial charge in [0.15, 0.2) is 0 Å². The molecule has 4 aliphatic rings. The number of aromatic nitrogens is 2. The third-order valence-electron chi connectivity index (χ3n) is 11.1. The van der Waals surface area contributed by atoms with Crippen molar-refractivity contribution >= 4 is 33.8 Å². The molecular formula is C42H48F2N6O8S. The fourth-order valence-electron chi connectivity index (χ4n) is 7.93. The van der Waals surface area contributed by atoms with E-state index in [9.17, 15) is 41.2 Å². The highest BCUT2D eigenvalue weighted by atomic mass is 32.2. The van der Waals surface area contributed by atoms with Gasteiger partial charge in [-0.3, -0.25) is 23.9 Å². The Morgan fingerprint density at radius 2 is 1.66 bits per heavy atom. The van der Waals surface area contributed by atoms with Gasteiger partial charge in [-0.05, 0) is 94.7 Å². The average molecular weight is 835 g/mol. The molecule has 314 valence electrons. The number of allylic oxidation sites excluding steroid dienone is 1. The molecule has 5 atom stereocenters. The van der Waals surface area contributed by atoms with Gasteiger partial charge in [-0.15, -0.1) is 0 Å². The monoisotopic (exact) mass is 834 g/mol. The highest BCUT2D eigenvalue weighted by Gasteiger charge is 2.62. The lowest BCUT2D eigenvalue weighted by Crippen LogP contribution is -2.58. The van der Waals surface area contributed by atoms with Crippen molar-refractivity contribution in [2.75, 3.05) is 6.54 Å². The Hall–Kier alpha value is -5.45. The second kappa shape index (κ2) is 16.3. The van der Waals surface area contributed by atoms with Gasteiger partial charge in [-0.25, -0.2) is 26.7 Å². The summed E-state index contributed by atoms with van der Waals surface area (Å²) in [5.41, 5.74) is -2.47. The maximum Gasteiger partial charge on any atom is 0.408 e. The van der Waals surface area contributed by atoms with Gasteiger partial charge in [0.1, 0.15) is 34.9 Å². The van der Waals surface area contributed by atoms with Crippen molar-refractivity contribution < 1.29 is 41.1 Å². The molecule has 2 aliphatic heterocycles. The predicted molar refractivity (Wildman–Crippen MR) is 213 cm³/mol. The molecule has 1 aromatic heterocycles. The molecule has 3 aromatic rings. The molecule has 2 unspecified atom stereocenters. The van der Waals surface area contributed by atoms with Crippen molar-refractivity contribution in [1.82, 2.24) is 30.0 Å². The number of benzene rings is 2. The van der Waals surface area contributed by atoms with Crippen LogP contribution in [-0.2, 0) is 29.1 Å². The second-order valence-electron chi connectivity index (χ2n) is 16.8. The first-order chi connectivity index (χ1) is 28.0. The van der Waals surface area contributed by atoms with E-state index in [0.29, 0.717) is 37.7 Å². The minimum absolute atomic E-state index is 0.00918. The van der Waals surface area contributed by atoms with Crippen LogP contribution in [0.2, 0.25) is 0 Å². The van der Waals surface area contributed by atoms with Crippen LogP contribution in [0.1, 0.15) is 84.6 Å². The van der Waals surface area contributed by atoms with Gasteiger partial charge in [0.2, 0.25) is 21.8 Å². The number of alkyl carbamates (subject to hydrolysis) is 1. The number of rotatable bonds is 7. The van der Waals surface area contributed by atoms with E-state index in [2.05, 4.69) is 20.5 Å². The Labute approximate surface area is 340 Å². The van der Waals surface area contributed by atoms with Crippen molar-refractivity contribution in [3.8, 4) is 22.3 Å². The fourth-order valence-corrected chi connectivity index (χ4v) is 9.29. The predicted octanol–water partition coefficient (Wildman–Crippen LogP) is 4.89. The largest absolute Gasteiger partial charge is 0.444 e. The summed E-state index contributed by atoms with van der Waals surface area (Å²) in [7, 11) is -3.98. The van der Waals surface area contributed by atoms with E-state index in [1.165, 1.54) is 53.6 Å². The Morgan fingerprint density at radius 3 is 2.34 bits per heavy atom. The van der Waals surface area contributed by atoms with Gasteiger partial charge < -0.3 is 20.3 Å². The standard InChI is InChI=1S/C42H48F2N6O8S/c1-41(2,3)58-40(55)46-33-16-8-6-4-5-7-13-27-22-42(27,39(54)48-59(56,57)31-17-18-31)47-36(51)34-21-30(24-49(34)37(33)52)50-38(53)35(26-12-10-15-29(44)20-26)32(23-45-50)25-11-9-14-28(43)19-25/h7,9-15,19-20,23,27,30-31,33-34H,4-6,8,16-18,21-22,24H2,1-3H3,(H,46,55)(H,47,51)(H,48,54)/b13-7-/t27-,30?,33+,34+,42?/m1/s1. The number of hydrogen-bond acceptors (Lipinski definition) is 9. The molecule has 4 amide bonds. The number of carbonyl (C=O) groups is 4. The minimum Gasteiger partial charge on any atom is -0.444 e. The lowest BCUT2D eigenvalue weighted by molar-refractivity contribution is -0.141. The summed E-state index contributed by atoms with van der Waals surface area (Å²) >= 11 is 0. The van der Waals surface area contributed by atoms with E-state index in [1.54, 1.807) is 32.9 Å². The van der Waals surface area contributed by atoms with Gasteiger partial charge >= 0.3 is 6.09 Å². The number of sulfonamides is 1. The molecule has 2 saturated carbocycles. The number of nitrogens with one attached hydrogen (secondary N) is 3. The van der Waals surface area contributed by atoms with Crippen LogP contribution in [-0.4, -0.2) is 81.9 Å². The summed E-state index contributed by atoms with van der Waals surface area (Å²) in [5.74, 6) is -3.99. The minimum atomic E-state index is -3.98. The number of hydrogen-bond donors (Lipinski definition) is 3. The molecule has 2 aliphatic carbocycles. The van der Waals surface area contributed by atoms with Crippen molar-refractivity contribution in [2.24, 2.45) is 5.92 Å². The van der Waals surface area contributed by atoms with Gasteiger partial charge in [0.25, 0.3) is 11.5 Å². The molecular weight excluding hydrogens is 787 g/mol. The van der Waals surface area contributed by atoms with Crippen LogP contribution in [0.25, 0.3) is 22.3 Å². The first-order valence-electron chi connectivity index (χ1n) is 19.9. The smallest absolute Gasteiger partial charge is 0.408 e. The van der Waals surface area contributed by atoms with Crippen LogP contribution in [0.3, 0.4) is 0 Å². The number of nitrogens with zero attached hydrogens (tertiary/aromatic N) is 3. The molecule has 3 heterocycles. The molecule has 14 nitrogen and oxygen atoms in total. The summed E-state index contributed by atoms with van der Waals surface area (Å²) in [6.07, 6.45) is 7.75. The summed E-state index contributed by atoms with van der Waals surface area (Å²) in [6.45, 7) is 4.80. The zero-order chi connectivity index (χ0) is 42.3. The van der Waals surface area contributed by atoms with E-state index in [0.717, 1.165) is 11.1 Å². The van der Waals surface area contributed by atoms with Gasteiger partial charge in [-0.1, -0.05) is 49.3 Å². The highest BCUT2D eigenvalue weighted by molar-refractivity contribution is 7.91. The molecule has 1 saturated heterocycles. The fraction of sp³-hybridized carbons (Fsp3) is 0.476. The zero-order valence-electron chi connectivity index (χ0n) is 33.1. The van der Waals surface area contributed by atoms with Crippen LogP contribution in [0.4, 0.5) is 13.6 Å². The molecule has 59 heavy (non-hydrogen) atoms. The lowest BCUT2D eigenvalue weighted by atomic mass is 9.97. The number of ether oxygens (including phenoxy) is 1. The Morgan fingerprint density at radius 1 is 0.966 bits per heavy atom. The van der Waals surface area contributed by atoms with Crippen molar-refractivity contribution in [3.63, 3.8) is 0 Å². The van der Waals surface area contributed by atoms with Crippen LogP contribution in [0.5, 0.6) is 0 Å². The molecule has 3 fully saturated rings. The van der Waals surface area contributed by atoms with Crippen LogP contribution < -0.4 is 20.9 Å². The SMILES string of the molecule is CC(C)(C)OC(=O)N[C@H]1CCCCC/C=C\[C@@H]2CC2(C(=O)NS(=O)(=O)C2CC2)NC(=O)[C@@H]2CC(n3ncc(-c4cccc(F)c4)c(-c4cccc(F)c4)c3=O)CN2C1=O. The zero-order valence-corrected chi connectivity index (χ0v) is 33.9. The molecule has 0 radical (unpaired) electrons. The van der Waals surface area contributed by atoms with E-state index in [1.807, 2.05) is 6.08 Å². The van der Waals surface area contributed by atoms with E-state index in [-0.39, 0.29) is 42.5 Å². The topological polar surface area (TPSA) is 186 Å². The van der Waals surface area contributed by atoms with E-state index >= 15 is 0 Å². The summed E-state index contributed by atoms with van der Waals surface area (Å²) in [4.78, 5) is 71.9. The highest BCUT2D eigenvalue weighted by Crippen LogP contribution is 2.46. The number of fused-ring (bicyclic) bond motifs is 2. The molecule has 2 aromatic carbocycles. The normalized spacial score (nSPS) is 25.7. The quantitative estimate of drug-likeness (QED) is 0.279. The van der Waals surface area contributed by atoms with Crippen LogP contribution in [0, 0.1) is 17.6 Å². The third kappa shape index (κ3) is 9.24. The van der Waals surface area contributed by atoms with Crippen molar-refractivity contribution in [1.29, 1.82) is 0 Å². The average Bonchev–Trinajstić information content (AvgIpc) is 4.09. The molecule has 7 rings (SSSR count). The first-order valence-corrected chi connectivity index (χ1v) is 21.5. The number of amides is 4. The Balaban J connectivity index is 1.28. The summed E-state index contributed by atoms with van der Waals surface area (Å²) in [6, 6.07) is 7.45. The number of carbonyl (C=O) groups excluding carboxylic acids is 4.